The zero-order chi connectivity index (χ0) is 14.0. The molecule has 1 aliphatic rings. The van der Waals surface area contributed by atoms with E-state index in [2.05, 4.69) is 10.3 Å². The number of nitrogens with zero attached hydrogens (tertiary/aromatic N) is 2. The van der Waals surface area contributed by atoms with Gasteiger partial charge in [0.2, 0.25) is 5.91 Å². The molecule has 0 bridgehead atoms. The molecule has 1 aromatic rings. The number of likely N-dealkylation sites (tertiary alicyclic amines) is 1. The minimum atomic E-state index is -0.829. The van der Waals surface area contributed by atoms with Crippen LogP contribution >= 0.6 is 11.3 Å². The van der Waals surface area contributed by atoms with Gasteiger partial charge in [0.25, 0.3) is 5.91 Å². The molecule has 0 aromatic carbocycles. The van der Waals surface area contributed by atoms with Gasteiger partial charge in [-0.3, -0.25) is 9.59 Å². The van der Waals surface area contributed by atoms with E-state index in [1.165, 1.54) is 18.3 Å². The summed E-state index contributed by atoms with van der Waals surface area (Å²) in [7, 11) is 0. The number of anilines is 1. The molecule has 0 radical (unpaired) electrons. The molecule has 19 heavy (non-hydrogen) atoms. The van der Waals surface area contributed by atoms with E-state index in [1.807, 2.05) is 0 Å². The van der Waals surface area contributed by atoms with Crippen LogP contribution in [0.3, 0.4) is 0 Å². The fourth-order valence-electron chi connectivity index (χ4n) is 2.14. The number of carbonyl (C=O) groups excluding carboxylic acids is 2. The van der Waals surface area contributed by atoms with E-state index in [0.717, 1.165) is 6.42 Å². The summed E-state index contributed by atoms with van der Waals surface area (Å²) < 4.78 is 0. The Morgan fingerprint density at radius 2 is 2.32 bits per heavy atom. The molecule has 1 unspecified atom stereocenters. The van der Waals surface area contributed by atoms with Crippen molar-refractivity contribution in [3.05, 3.63) is 11.1 Å². The van der Waals surface area contributed by atoms with Crippen LogP contribution < -0.4 is 5.32 Å². The lowest BCUT2D eigenvalue weighted by molar-refractivity contribution is -0.114. The first-order valence-electron chi connectivity index (χ1n) is 6.12. The maximum absolute atomic E-state index is 12.2. The Morgan fingerprint density at radius 3 is 2.95 bits per heavy atom. The summed E-state index contributed by atoms with van der Waals surface area (Å²) in [6.45, 7) is 4.07. The molecule has 0 saturated carbocycles. The van der Waals surface area contributed by atoms with Gasteiger partial charge in [0.05, 0.1) is 5.60 Å². The van der Waals surface area contributed by atoms with Gasteiger partial charge in [-0.25, -0.2) is 4.98 Å². The van der Waals surface area contributed by atoms with Crippen LogP contribution in [-0.4, -0.2) is 45.5 Å². The molecule has 6 nitrogen and oxygen atoms in total. The third kappa shape index (κ3) is 3.51. The van der Waals surface area contributed by atoms with Crippen molar-refractivity contribution in [1.82, 2.24) is 9.88 Å². The van der Waals surface area contributed by atoms with Gasteiger partial charge in [-0.1, -0.05) is 0 Å². The molecule has 1 saturated heterocycles. The van der Waals surface area contributed by atoms with Gasteiger partial charge in [-0.2, -0.15) is 0 Å². The van der Waals surface area contributed by atoms with Crippen LogP contribution in [0.4, 0.5) is 5.13 Å². The Balaban J connectivity index is 2.07. The van der Waals surface area contributed by atoms with Crippen LogP contribution in [0.1, 0.15) is 37.2 Å². The zero-order valence-corrected chi connectivity index (χ0v) is 11.8. The first kappa shape index (κ1) is 14.0. The Kier molecular flexibility index (Phi) is 3.86. The number of hydrogen-bond donors (Lipinski definition) is 2. The van der Waals surface area contributed by atoms with Gasteiger partial charge in [0.1, 0.15) is 5.69 Å². The molecule has 2 heterocycles. The molecular weight excluding hydrogens is 266 g/mol. The standard InChI is InChI=1S/C12H17N3O3S/c1-8(16)13-11-14-9(6-19-11)10(17)15-5-3-4-12(2,18)7-15/h6,18H,3-5,7H2,1-2H3,(H,13,14,16). The number of aliphatic hydroxyl groups is 1. The van der Waals surface area contributed by atoms with Crippen LogP contribution in [0.2, 0.25) is 0 Å². The minimum absolute atomic E-state index is 0.201. The summed E-state index contributed by atoms with van der Waals surface area (Å²) in [5, 5.41) is 14.6. The van der Waals surface area contributed by atoms with Crippen molar-refractivity contribution in [2.75, 3.05) is 18.4 Å². The lowest BCUT2D eigenvalue weighted by atomic mass is 9.95. The molecule has 1 atom stereocenters. The van der Waals surface area contributed by atoms with Gasteiger partial charge in [0, 0.05) is 25.4 Å². The summed E-state index contributed by atoms with van der Waals surface area (Å²) in [5.41, 5.74) is -0.517. The van der Waals surface area contributed by atoms with E-state index in [-0.39, 0.29) is 11.8 Å². The molecule has 104 valence electrons. The van der Waals surface area contributed by atoms with Crippen LogP contribution in [0.15, 0.2) is 5.38 Å². The molecule has 0 aliphatic carbocycles. The van der Waals surface area contributed by atoms with E-state index < -0.39 is 5.60 Å². The molecule has 2 N–H and O–H groups in total. The van der Waals surface area contributed by atoms with Gasteiger partial charge in [-0.05, 0) is 19.8 Å². The van der Waals surface area contributed by atoms with Crippen molar-refractivity contribution < 1.29 is 14.7 Å². The fourth-order valence-corrected chi connectivity index (χ4v) is 2.87. The van der Waals surface area contributed by atoms with Crippen molar-refractivity contribution in [3.8, 4) is 0 Å². The van der Waals surface area contributed by atoms with Crippen LogP contribution in [0, 0.1) is 0 Å². The third-order valence-electron chi connectivity index (χ3n) is 2.97. The SMILES string of the molecule is CC(=O)Nc1nc(C(=O)N2CCCC(C)(O)C2)cs1. The monoisotopic (exact) mass is 283 g/mol. The van der Waals surface area contributed by atoms with E-state index >= 15 is 0 Å². The molecule has 2 rings (SSSR count). The van der Waals surface area contributed by atoms with Crippen LogP contribution in [0.5, 0.6) is 0 Å². The third-order valence-corrected chi connectivity index (χ3v) is 3.73. The van der Waals surface area contributed by atoms with Gasteiger partial charge >= 0.3 is 0 Å². The number of amides is 2. The van der Waals surface area contributed by atoms with Crippen molar-refractivity contribution >= 4 is 28.3 Å². The predicted octanol–water partition coefficient (Wildman–Crippen LogP) is 1.09. The molecular formula is C12H17N3O3S. The smallest absolute Gasteiger partial charge is 0.273 e. The molecule has 2 amide bonds. The highest BCUT2D eigenvalue weighted by Crippen LogP contribution is 2.23. The number of hydrogen-bond acceptors (Lipinski definition) is 5. The van der Waals surface area contributed by atoms with E-state index in [9.17, 15) is 14.7 Å². The van der Waals surface area contributed by atoms with E-state index in [1.54, 1.807) is 17.2 Å². The predicted molar refractivity (Wildman–Crippen MR) is 72.2 cm³/mol. The zero-order valence-electron chi connectivity index (χ0n) is 11.0. The number of β-amino-alcohol motifs (C(OH)–C–C–N with tert-alkyl or cyclic N) is 1. The van der Waals surface area contributed by atoms with Crippen molar-refractivity contribution in [2.45, 2.75) is 32.3 Å². The summed E-state index contributed by atoms with van der Waals surface area (Å²) in [5.74, 6) is -0.415. The van der Waals surface area contributed by atoms with Crippen LogP contribution in [0.25, 0.3) is 0 Å². The summed E-state index contributed by atoms with van der Waals surface area (Å²) in [6.07, 6.45) is 1.48. The number of rotatable bonds is 2. The highest BCUT2D eigenvalue weighted by atomic mass is 32.1. The Labute approximate surface area is 115 Å². The highest BCUT2D eigenvalue weighted by molar-refractivity contribution is 7.14. The molecule has 1 aromatic heterocycles. The lowest BCUT2D eigenvalue weighted by Gasteiger charge is -2.36. The second-order valence-electron chi connectivity index (χ2n) is 5.05. The maximum Gasteiger partial charge on any atom is 0.273 e. The average Bonchev–Trinajstić information content (AvgIpc) is 2.74. The van der Waals surface area contributed by atoms with Crippen LogP contribution in [-0.2, 0) is 4.79 Å². The van der Waals surface area contributed by atoms with Gasteiger partial charge in [-0.15, -0.1) is 11.3 Å². The molecule has 0 spiro atoms. The number of piperidine rings is 1. The lowest BCUT2D eigenvalue weighted by Crippen LogP contribution is -2.48. The molecule has 1 aliphatic heterocycles. The Hall–Kier alpha value is -1.47. The maximum atomic E-state index is 12.2. The number of thiazole rings is 1. The number of carbonyl (C=O) groups is 2. The van der Waals surface area contributed by atoms with E-state index in [0.29, 0.717) is 30.3 Å². The quantitative estimate of drug-likeness (QED) is 0.851. The first-order chi connectivity index (χ1) is 8.87. The fraction of sp³-hybridized carbons (Fsp3) is 0.583. The average molecular weight is 283 g/mol. The number of aromatic nitrogens is 1. The topological polar surface area (TPSA) is 82.5 Å². The largest absolute Gasteiger partial charge is 0.388 e. The second kappa shape index (κ2) is 5.26. The normalized spacial score (nSPS) is 23.2. The minimum Gasteiger partial charge on any atom is -0.388 e. The Morgan fingerprint density at radius 1 is 1.58 bits per heavy atom. The van der Waals surface area contributed by atoms with Crippen molar-refractivity contribution in [3.63, 3.8) is 0 Å². The summed E-state index contributed by atoms with van der Waals surface area (Å²) in [6, 6.07) is 0. The number of nitrogens with one attached hydrogen (secondary N) is 1. The van der Waals surface area contributed by atoms with Crippen molar-refractivity contribution in [1.29, 1.82) is 0 Å². The Bertz CT molecular complexity index is 498. The van der Waals surface area contributed by atoms with Gasteiger partial charge < -0.3 is 15.3 Å². The molecule has 7 heteroatoms. The van der Waals surface area contributed by atoms with E-state index in [4.69, 9.17) is 0 Å². The first-order valence-corrected chi connectivity index (χ1v) is 7.00. The summed E-state index contributed by atoms with van der Waals surface area (Å²) in [4.78, 5) is 28.8. The second-order valence-corrected chi connectivity index (χ2v) is 5.90. The highest BCUT2D eigenvalue weighted by Gasteiger charge is 2.32. The van der Waals surface area contributed by atoms with Crippen molar-refractivity contribution in [2.24, 2.45) is 0 Å². The summed E-state index contributed by atoms with van der Waals surface area (Å²) >= 11 is 1.22. The van der Waals surface area contributed by atoms with Gasteiger partial charge in [0.15, 0.2) is 5.13 Å². The molecule has 1 fully saturated rings.